The lowest BCUT2D eigenvalue weighted by atomic mass is 10.0. The van der Waals surface area contributed by atoms with Gasteiger partial charge in [0.25, 0.3) is 0 Å². The lowest BCUT2D eigenvalue weighted by Gasteiger charge is -2.34. The van der Waals surface area contributed by atoms with Crippen molar-refractivity contribution in [2.75, 3.05) is 32.8 Å². The van der Waals surface area contributed by atoms with Gasteiger partial charge in [0.05, 0.1) is 0 Å². The molecule has 0 aliphatic carbocycles. The maximum absolute atomic E-state index is 5.65. The van der Waals surface area contributed by atoms with Crippen LogP contribution in [0.4, 0.5) is 0 Å². The monoisotopic (exact) mass is 200 g/mol. The maximum Gasteiger partial charge on any atom is 0.0480 e. The lowest BCUT2D eigenvalue weighted by molar-refractivity contribution is 0.0315. The van der Waals surface area contributed by atoms with E-state index in [0.29, 0.717) is 5.92 Å². The highest BCUT2D eigenvalue weighted by Gasteiger charge is 2.20. The van der Waals surface area contributed by atoms with E-state index in [-0.39, 0.29) is 0 Å². The van der Waals surface area contributed by atoms with E-state index in [2.05, 4.69) is 18.7 Å². The first-order chi connectivity index (χ1) is 6.77. The van der Waals surface area contributed by atoms with Gasteiger partial charge < -0.3 is 15.4 Å². The van der Waals surface area contributed by atoms with Crippen molar-refractivity contribution in [2.24, 2.45) is 11.7 Å². The summed E-state index contributed by atoms with van der Waals surface area (Å²) >= 11 is 0. The van der Waals surface area contributed by atoms with Crippen LogP contribution in [0.1, 0.15) is 26.7 Å². The number of hydrogen-bond acceptors (Lipinski definition) is 3. The van der Waals surface area contributed by atoms with Gasteiger partial charge in [-0.2, -0.15) is 0 Å². The van der Waals surface area contributed by atoms with E-state index in [1.54, 1.807) is 0 Å². The van der Waals surface area contributed by atoms with Crippen molar-refractivity contribution in [3.05, 3.63) is 0 Å². The molecule has 0 amide bonds. The summed E-state index contributed by atoms with van der Waals surface area (Å²) in [6, 6.07) is 0.725. The first kappa shape index (κ1) is 12.0. The Morgan fingerprint density at radius 2 is 2.07 bits per heavy atom. The fourth-order valence-corrected chi connectivity index (χ4v) is 2.06. The van der Waals surface area contributed by atoms with Crippen LogP contribution in [-0.2, 0) is 4.74 Å². The van der Waals surface area contributed by atoms with Crippen LogP contribution < -0.4 is 5.73 Å². The van der Waals surface area contributed by atoms with Crippen molar-refractivity contribution in [3.63, 3.8) is 0 Å². The largest absolute Gasteiger partial charge is 0.381 e. The predicted molar refractivity (Wildman–Crippen MR) is 59.3 cm³/mol. The van der Waals surface area contributed by atoms with Gasteiger partial charge in [-0.1, -0.05) is 13.8 Å². The van der Waals surface area contributed by atoms with Gasteiger partial charge in [0, 0.05) is 25.8 Å². The molecular weight excluding hydrogens is 176 g/mol. The number of nitrogens with two attached hydrogens (primary N) is 1. The van der Waals surface area contributed by atoms with E-state index in [1.807, 2.05) is 0 Å². The molecule has 0 aromatic carbocycles. The Labute approximate surface area is 87.6 Å². The van der Waals surface area contributed by atoms with Crippen molar-refractivity contribution in [1.29, 1.82) is 0 Å². The normalized spacial score (nSPS) is 21.4. The molecule has 3 heteroatoms. The summed E-state index contributed by atoms with van der Waals surface area (Å²) in [5, 5.41) is 0. The predicted octanol–water partition coefficient (Wildman–Crippen LogP) is 1.08. The van der Waals surface area contributed by atoms with Crippen LogP contribution in [0.3, 0.4) is 0 Å². The van der Waals surface area contributed by atoms with Gasteiger partial charge in [-0.3, -0.25) is 0 Å². The van der Waals surface area contributed by atoms with Crippen LogP contribution >= 0.6 is 0 Å². The summed E-state index contributed by atoms with van der Waals surface area (Å²) in [4.78, 5) is 2.56. The molecule has 1 rings (SSSR count). The minimum absolute atomic E-state index is 0.609. The Bertz CT molecular complexity index is 146. The van der Waals surface area contributed by atoms with Gasteiger partial charge in [0.2, 0.25) is 0 Å². The topological polar surface area (TPSA) is 38.5 Å². The van der Waals surface area contributed by atoms with Crippen LogP contribution in [0, 0.1) is 5.92 Å². The van der Waals surface area contributed by atoms with Crippen molar-refractivity contribution < 1.29 is 4.74 Å². The Kier molecular flexibility index (Phi) is 5.45. The molecule has 84 valence electrons. The van der Waals surface area contributed by atoms with Crippen molar-refractivity contribution in [1.82, 2.24) is 4.90 Å². The second kappa shape index (κ2) is 6.38. The molecule has 1 aliphatic heterocycles. The van der Waals surface area contributed by atoms with Gasteiger partial charge in [0.15, 0.2) is 0 Å². The maximum atomic E-state index is 5.65. The van der Waals surface area contributed by atoms with Crippen molar-refractivity contribution in [2.45, 2.75) is 32.7 Å². The summed E-state index contributed by atoms with van der Waals surface area (Å²) in [6.45, 7) is 9.38. The van der Waals surface area contributed by atoms with Gasteiger partial charge in [-0.05, 0) is 31.8 Å². The molecule has 0 saturated carbocycles. The SMILES string of the molecule is CCN(CC(C)CN)C1CCOCC1. The zero-order valence-electron chi connectivity index (χ0n) is 9.54. The third-order valence-corrected chi connectivity index (χ3v) is 3.06. The zero-order valence-corrected chi connectivity index (χ0v) is 9.54. The fourth-order valence-electron chi connectivity index (χ4n) is 2.06. The van der Waals surface area contributed by atoms with Gasteiger partial charge in [0.1, 0.15) is 0 Å². The highest BCUT2D eigenvalue weighted by Crippen LogP contribution is 2.15. The molecule has 3 nitrogen and oxygen atoms in total. The molecule has 1 fully saturated rings. The molecular formula is C11H24N2O. The molecule has 1 atom stereocenters. The number of ether oxygens (including phenoxy) is 1. The quantitative estimate of drug-likeness (QED) is 0.722. The number of hydrogen-bond donors (Lipinski definition) is 1. The first-order valence-corrected chi connectivity index (χ1v) is 5.79. The average Bonchev–Trinajstić information content (AvgIpc) is 2.26. The molecule has 1 aliphatic rings. The minimum Gasteiger partial charge on any atom is -0.381 e. The molecule has 0 aromatic rings. The van der Waals surface area contributed by atoms with Crippen molar-refractivity contribution in [3.8, 4) is 0 Å². The highest BCUT2D eigenvalue weighted by atomic mass is 16.5. The molecule has 1 unspecified atom stereocenters. The van der Waals surface area contributed by atoms with Gasteiger partial charge in [-0.15, -0.1) is 0 Å². The van der Waals surface area contributed by atoms with Crippen molar-refractivity contribution >= 4 is 0 Å². The summed E-state index contributed by atoms with van der Waals surface area (Å²) in [7, 11) is 0. The van der Waals surface area contributed by atoms with Gasteiger partial charge in [-0.25, -0.2) is 0 Å². The van der Waals surface area contributed by atoms with E-state index >= 15 is 0 Å². The van der Waals surface area contributed by atoms with Crippen LogP contribution in [0.25, 0.3) is 0 Å². The second-order valence-corrected chi connectivity index (χ2v) is 4.27. The third-order valence-electron chi connectivity index (χ3n) is 3.06. The second-order valence-electron chi connectivity index (χ2n) is 4.27. The highest BCUT2D eigenvalue weighted by molar-refractivity contribution is 4.75. The Morgan fingerprint density at radius 3 is 2.57 bits per heavy atom. The molecule has 0 spiro atoms. The fraction of sp³-hybridized carbons (Fsp3) is 1.00. The molecule has 14 heavy (non-hydrogen) atoms. The van der Waals surface area contributed by atoms with E-state index < -0.39 is 0 Å². The average molecular weight is 200 g/mol. The van der Waals surface area contributed by atoms with Crippen LogP contribution in [0.5, 0.6) is 0 Å². The van der Waals surface area contributed by atoms with Gasteiger partial charge >= 0.3 is 0 Å². The lowest BCUT2D eigenvalue weighted by Crippen LogP contribution is -2.42. The van der Waals surface area contributed by atoms with Crippen LogP contribution in [-0.4, -0.2) is 43.8 Å². The Morgan fingerprint density at radius 1 is 1.43 bits per heavy atom. The Hall–Kier alpha value is -0.120. The summed E-state index contributed by atoms with van der Waals surface area (Å²) in [5.41, 5.74) is 5.65. The molecule has 1 heterocycles. The molecule has 0 aromatic heterocycles. The number of rotatable bonds is 5. The van der Waals surface area contributed by atoms with E-state index in [0.717, 1.165) is 38.9 Å². The first-order valence-electron chi connectivity index (χ1n) is 5.79. The minimum atomic E-state index is 0.609. The standard InChI is InChI=1S/C11H24N2O/c1-3-13(9-10(2)8-12)11-4-6-14-7-5-11/h10-11H,3-9,12H2,1-2H3. The zero-order chi connectivity index (χ0) is 10.4. The molecule has 2 N–H and O–H groups in total. The summed E-state index contributed by atoms with van der Waals surface area (Å²) < 4.78 is 5.37. The molecule has 0 radical (unpaired) electrons. The van der Waals surface area contributed by atoms with E-state index in [1.165, 1.54) is 12.8 Å². The van der Waals surface area contributed by atoms with Crippen LogP contribution in [0.2, 0.25) is 0 Å². The third kappa shape index (κ3) is 3.56. The van der Waals surface area contributed by atoms with E-state index in [9.17, 15) is 0 Å². The molecule has 0 bridgehead atoms. The van der Waals surface area contributed by atoms with Crippen LogP contribution in [0.15, 0.2) is 0 Å². The molecule has 1 saturated heterocycles. The summed E-state index contributed by atoms with van der Waals surface area (Å²) in [6.07, 6.45) is 2.37. The summed E-state index contributed by atoms with van der Waals surface area (Å²) in [5.74, 6) is 0.609. The van der Waals surface area contributed by atoms with E-state index in [4.69, 9.17) is 10.5 Å². The Balaban J connectivity index is 2.35. The smallest absolute Gasteiger partial charge is 0.0480 e. The number of nitrogens with zero attached hydrogens (tertiary/aromatic N) is 1.